The first-order valence-corrected chi connectivity index (χ1v) is 7.67. The summed E-state index contributed by atoms with van der Waals surface area (Å²) in [4.78, 5) is 8.98. The van der Waals surface area contributed by atoms with Gasteiger partial charge in [-0.25, -0.2) is 5.69 Å². The molecular weight excluding hydrogens is 493 g/mol. The molecule has 25 heavy (non-hydrogen) atoms. The van der Waals surface area contributed by atoms with E-state index in [1.807, 2.05) is 60.7 Å². The molecule has 0 aliphatic rings. The predicted molar refractivity (Wildman–Crippen MR) is 94.4 cm³/mol. The van der Waals surface area contributed by atoms with Crippen LogP contribution in [0.2, 0.25) is 0 Å². The average molecular weight is 507 g/mol. The Morgan fingerprint density at radius 3 is 2.32 bits per heavy atom. The summed E-state index contributed by atoms with van der Waals surface area (Å²) in [6.07, 6.45) is 1.76. The van der Waals surface area contributed by atoms with E-state index in [0.29, 0.717) is 0 Å². The Bertz CT molecular complexity index is 980. The van der Waals surface area contributed by atoms with Crippen molar-refractivity contribution >= 4 is 0 Å². The Morgan fingerprint density at radius 2 is 1.52 bits per heavy atom. The van der Waals surface area contributed by atoms with Crippen molar-refractivity contribution in [2.24, 2.45) is 0 Å². The minimum absolute atomic E-state index is 0. The predicted octanol–water partition coefficient (Wildman–Crippen LogP) is 4.54. The van der Waals surface area contributed by atoms with Crippen molar-refractivity contribution in [3.63, 3.8) is 0 Å². The Balaban J connectivity index is 0.00000182. The summed E-state index contributed by atoms with van der Waals surface area (Å²) >= 11 is 0. The smallest absolute Gasteiger partial charge is 0.0901 e. The number of hydrogen-bond donors (Lipinski definition) is 1. The van der Waals surface area contributed by atoms with Crippen LogP contribution in [0.3, 0.4) is 0 Å². The van der Waals surface area contributed by atoms with Gasteiger partial charge in [-0.05, 0) is 23.8 Å². The molecule has 2 heterocycles. The molecule has 0 spiro atoms. The number of para-hydroxylation sites is 1. The molecule has 0 amide bonds. The van der Waals surface area contributed by atoms with E-state index < -0.39 is 0 Å². The van der Waals surface area contributed by atoms with Gasteiger partial charge in [0, 0.05) is 34.3 Å². The van der Waals surface area contributed by atoms with Gasteiger partial charge in [0.15, 0.2) is 0 Å². The molecule has 0 aliphatic heterocycles. The fourth-order valence-corrected chi connectivity index (χ4v) is 2.65. The van der Waals surface area contributed by atoms with Crippen molar-refractivity contribution in [2.75, 3.05) is 0 Å². The monoisotopic (exact) mass is 507 g/mol. The fraction of sp³-hybridized carbons (Fsp3) is 0. The van der Waals surface area contributed by atoms with E-state index in [1.165, 1.54) is 0 Å². The maximum Gasteiger partial charge on any atom is 0.0901 e. The van der Waals surface area contributed by atoms with Crippen LogP contribution < -0.4 is 4.98 Å². The number of phenolic OH excluding ortho intramolecular Hbond substituents is 1. The summed E-state index contributed by atoms with van der Waals surface area (Å²) in [6, 6.07) is 26.1. The molecule has 0 bridgehead atoms. The van der Waals surface area contributed by atoms with Crippen molar-refractivity contribution < 1.29 is 27.5 Å². The molecule has 2 aromatic heterocycles. The number of hydrogen-bond acceptors (Lipinski definition) is 2. The number of phenols is 1. The number of aromatic nitrogens is 2. The topological polar surface area (TPSA) is 47.2 Å². The van der Waals surface area contributed by atoms with Crippen LogP contribution in [0.5, 0.6) is 5.75 Å². The number of rotatable bonds is 3. The molecule has 1 N–H and O–H groups in total. The van der Waals surface area contributed by atoms with Crippen LogP contribution in [-0.2, 0) is 22.4 Å². The third-order valence-electron chi connectivity index (χ3n) is 3.83. The van der Waals surface area contributed by atoms with Crippen LogP contribution in [0, 0.1) is 6.07 Å². The first-order valence-electron chi connectivity index (χ1n) is 7.67. The minimum atomic E-state index is 0. The van der Waals surface area contributed by atoms with E-state index in [4.69, 9.17) is 0 Å². The number of aromatic hydroxyl groups is 1. The average Bonchev–Trinajstić information content (AvgIpc) is 3.13. The molecule has 0 atom stereocenters. The van der Waals surface area contributed by atoms with Crippen LogP contribution >= 0.6 is 0 Å². The third-order valence-corrected chi connectivity index (χ3v) is 3.83. The van der Waals surface area contributed by atoms with Crippen LogP contribution in [-0.4, -0.2) is 10.1 Å². The second-order valence-electron chi connectivity index (χ2n) is 5.43. The second-order valence-corrected chi connectivity index (χ2v) is 5.43. The number of benzene rings is 2. The van der Waals surface area contributed by atoms with E-state index in [-0.39, 0.29) is 28.1 Å². The van der Waals surface area contributed by atoms with Crippen molar-refractivity contribution in [2.45, 2.75) is 0 Å². The van der Waals surface area contributed by atoms with E-state index in [0.717, 1.165) is 33.8 Å². The molecule has 0 aliphatic carbocycles. The summed E-state index contributed by atoms with van der Waals surface area (Å²) in [5.41, 5.74) is 5.02. The van der Waals surface area contributed by atoms with Crippen LogP contribution in [0.4, 0.5) is 0 Å². The molecule has 3 nitrogen and oxygen atoms in total. The van der Waals surface area contributed by atoms with Gasteiger partial charge in [-0.15, -0.1) is 47.2 Å². The van der Waals surface area contributed by atoms with Gasteiger partial charge in [0.1, 0.15) is 0 Å². The van der Waals surface area contributed by atoms with E-state index in [9.17, 15) is 5.11 Å². The maximum atomic E-state index is 10.0. The molecular formula is C21H14AuN2O-2. The third kappa shape index (κ3) is 3.59. The first kappa shape index (κ1) is 17.2. The van der Waals surface area contributed by atoms with Gasteiger partial charge in [0.2, 0.25) is 0 Å². The summed E-state index contributed by atoms with van der Waals surface area (Å²) < 4.78 is 0. The maximum absolute atomic E-state index is 10.0. The van der Waals surface area contributed by atoms with E-state index >= 15 is 0 Å². The summed E-state index contributed by atoms with van der Waals surface area (Å²) in [6.45, 7) is 0. The van der Waals surface area contributed by atoms with Crippen molar-refractivity contribution in [1.82, 2.24) is 9.97 Å². The normalized spacial score (nSPS) is 10.2. The van der Waals surface area contributed by atoms with Crippen LogP contribution in [0.1, 0.15) is 0 Å². The van der Waals surface area contributed by atoms with E-state index in [1.54, 1.807) is 18.3 Å². The van der Waals surface area contributed by atoms with Gasteiger partial charge < -0.3 is 10.1 Å². The minimum Gasteiger partial charge on any atom is -0.691 e. The SMILES string of the molecule is Oc1ccccc1-c1[c-]c(-c2ccc(-c3ccccn3)[n-]2)ccc1.[Au]. The first-order chi connectivity index (χ1) is 11.8. The Kier molecular flexibility index (Phi) is 5.19. The molecule has 0 saturated carbocycles. The molecule has 2 aromatic carbocycles. The zero-order valence-corrected chi connectivity index (χ0v) is 15.3. The fourth-order valence-electron chi connectivity index (χ4n) is 2.65. The van der Waals surface area contributed by atoms with Crippen molar-refractivity contribution in [3.8, 4) is 39.5 Å². The second kappa shape index (κ2) is 7.53. The van der Waals surface area contributed by atoms with Gasteiger partial charge in [0.05, 0.1) is 5.75 Å². The zero-order valence-electron chi connectivity index (χ0n) is 13.1. The molecule has 0 fully saturated rings. The zero-order chi connectivity index (χ0) is 16.4. The molecule has 127 valence electrons. The number of pyridine rings is 1. The number of nitrogens with zero attached hydrogens (tertiary/aromatic N) is 2. The Hall–Kier alpha value is -2.59. The molecule has 0 unspecified atom stereocenters. The Labute approximate surface area is 161 Å². The van der Waals surface area contributed by atoms with Crippen LogP contribution in [0.25, 0.3) is 33.8 Å². The van der Waals surface area contributed by atoms with Gasteiger partial charge in [-0.2, -0.15) is 0 Å². The summed E-state index contributed by atoms with van der Waals surface area (Å²) in [5, 5.41) is 10.0. The quantitative estimate of drug-likeness (QED) is 0.327. The van der Waals surface area contributed by atoms with Crippen LogP contribution in [0.15, 0.2) is 79.0 Å². The van der Waals surface area contributed by atoms with Gasteiger partial charge in [0.25, 0.3) is 0 Å². The summed E-state index contributed by atoms with van der Waals surface area (Å²) in [7, 11) is 0. The molecule has 1 radical (unpaired) electrons. The van der Waals surface area contributed by atoms with Crippen molar-refractivity contribution in [1.29, 1.82) is 0 Å². The van der Waals surface area contributed by atoms with E-state index in [2.05, 4.69) is 16.0 Å². The molecule has 4 rings (SSSR count). The largest absolute Gasteiger partial charge is 0.691 e. The molecule has 4 aromatic rings. The van der Waals surface area contributed by atoms with Crippen molar-refractivity contribution in [3.05, 3.63) is 85.1 Å². The van der Waals surface area contributed by atoms with Gasteiger partial charge in [-0.1, -0.05) is 30.3 Å². The molecule has 4 heteroatoms. The summed E-state index contributed by atoms with van der Waals surface area (Å²) in [5.74, 6) is 0.246. The van der Waals surface area contributed by atoms with Gasteiger partial charge in [-0.3, -0.25) is 4.98 Å². The molecule has 0 saturated heterocycles. The standard InChI is InChI=1S/C21H14N2O.Au/c24-21-10-2-1-8-17(21)15-6-5-7-16(14-15)18-11-12-20(23-18)19-9-3-4-13-22-19;/h1-13H,(H-,22,23,24);/q-2;. The van der Waals surface area contributed by atoms with Gasteiger partial charge >= 0.3 is 0 Å². The Morgan fingerprint density at radius 1 is 0.760 bits per heavy atom.